The molecule has 378 valence electrons. The second-order valence-corrected chi connectivity index (χ2v) is 18.7. The van der Waals surface area contributed by atoms with Crippen molar-refractivity contribution in [2.45, 2.75) is 64.5 Å². The van der Waals surface area contributed by atoms with Crippen LogP contribution in [0.2, 0.25) is 10.0 Å². The molecule has 0 spiro atoms. The number of aromatic nitrogens is 4. The molecule has 0 fully saturated rings. The van der Waals surface area contributed by atoms with Gasteiger partial charge in [-0.05, 0) is 111 Å². The van der Waals surface area contributed by atoms with Crippen LogP contribution in [0.15, 0.2) is 90.4 Å². The molecular formula is C49H45Cl3F4N8O6S2. The monoisotopic (exact) mass is 1090 g/mol. The van der Waals surface area contributed by atoms with E-state index in [1.54, 1.807) is 28.6 Å². The predicted octanol–water partition coefficient (Wildman–Crippen LogP) is 11.7. The van der Waals surface area contributed by atoms with Crippen LogP contribution in [0.5, 0.6) is 0 Å². The molecule has 4 aromatic carbocycles. The maximum atomic E-state index is 14.7. The number of hydrogen-bond donors (Lipinski definition) is 4. The molecule has 0 unspecified atom stereocenters. The Kier molecular flexibility index (Phi) is 19.3. The van der Waals surface area contributed by atoms with Gasteiger partial charge in [0.1, 0.15) is 29.6 Å². The number of nitrogens with one attached hydrogen (secondary N) is 3. The minimum Gasteiger partial charge on any atom is -0.449 e. The lowest BCUT2D eigenvalue weighted by Crippen LogP contribution is -2.29. The lowest BCUT2D eigenvalue weighted by atomic mass is 10.0. The number of amides is 3. The Labute approximate surface area is 434 Å². The summed E-state index contributed by atoms with van der Waals surface area (Å²) in [7, 11) is 0. The number of benzene rings is 4. The highest BCUT2D eigenvalue weighted by molar-refractivity contribution is 7.10. The lowest BCUT2D eigenvalue weighted by molar-refractivity contribution is 0.101. The van der Waals surface area contributed by atoms with Crippen LogP contribution in [0, 0.1) is 37.1 Å². The SMILES string of the molecule is Cc1ncsc1CCOC(=O)N[C@H]1CCc2c(C(=O)Nc3ccc(F)c(Cl)c3)ccc(F)c21.Cc1ncsc1CCOC(=O)n1ccnc1.Cl.N[C@H]1CCc2c(C(=O)Nc3ccc(F)c(Cl)c3)ccc(F)c21. The Morgan fingerprint density at radius 3 is 1.72 bits per heavy atom. The molecular weight excluding hydrogens is 1040 g/mol. The minimum absolute atomic E-state index is 0. The standard InChI is InChI=1S/C23H20ClF2N3O3S.C16H13ClF2N2O.C10H11N3O2S.ClH/c1-12-20(33-11-27-12)8-9-32-23(31)29-19-7-4-14-15(3-6-18(26)21(14)19)22(30)28-13-2-5-17(25)16(24)10-13;17-11-7-8(1-4-12(11)18)21-16(22)10-2-5-13(19)15-9(10)3-6-14(15)20;1-8-9(16-7-12-8)2-5-15-10(14)13-4-3-11-6-13;/h2-3,5-6,10-11,19H,4,7-9H2,1H3,(H,28,30)(H,29,31);1-2,4-5,7,14H,3,6,20H2,(H,21,22);3-4,6-7H,2,5H2,1H3;1H/t19-;14-;;/m00../s1. The fourth-order valence-corrected chi connectivity index (χ4v) is 9.69. The largest absolute Gasteiger partial charge is 0.449 e. The number of thiazole rings is 2. The zero-order valence-electron chi connectivity index (χ0n) is 38.3. The van der Waals surface area contributed by atoms with E-state index in [2.05, 4.69) is 30.9 Å². The number of ether oxygens (including phenoxy) is 2. The number of nitrogens with two attached hydrogens (primary N) is 1. The molecule has 2 atom stereocenters. The summed E-state index contributed by atoms with van der Waals surface area (Å²) >= 11 is 14.5. The Hall–Kier alpha value is -6.42. The Morgan fingerprint density at radius 2 is 1.22 bits per heavy atom. The van der Waals surface area contributed by atoms with Gasteiger partial charge in [-0.25, -0.2) is 46.7 Å². The van der Waals surface area contributed by atoms with E-state index in [-0.39, 0.29) is 52.0 Å². The third-order valence-corrected chi connectivity index (χ3v) is 13.9. The number of anilines is 2. The van der Waals surface area contributed by atoms with Crippen molar-refractivity contribution >= 4 is 93.7 Å². The quantitative estimate of drug-likeness (QED) is 0.0906. The molecule has 0 saturated carbocycles. The lowest BCUT2D eigenvalue weighted by Gasteiger charge is -2.16. The van der Waals surface area contributed by atoms with E-state index < -0.39 is 47.5 Å². The van der Waals surface area contributed by atoms with Gasteiger partial charge < -0.3 is 31.2 Å². The number of carbonyl (C=O) groups excluding carboxylic acids is 4. The second-order valence-electron chi connectivity index (χ2n) is 16.0. The molecule has 3 aromatic heterocycles. The van der Waals surface area contributed by atoms with Gasteiger partial charge in [-0.3, -0.25) is 9.59 Å². The van der Waals surface area contributed by atoms with Gasteiger partial charge >= 0.3 is 12.2 Å². The predicted molar refractivity (Wildman–Crippen MR) is 270 cm³/mol. The highest BCUT2D eigenvalue weighted by Gasteiger charge is 2.32. The molecule has 0 radical (unpaired) electrons. The molecule has 5 N–H and O–H groups in total. The summed E-state index contributed by atoms with van der Waals surface area (Å²) < 4.78 is 66.6. The van der Waals surface area contributed by atoms with E-state index in [1.165, 1.54) is 83.0 Å². The Balaban J connectivity index is 0.000000188. The van der Waals surface area contributed by atoms with Gasteiger partial charge in [0.25, 0.3) is 11.8 Å². The van der Waals surface area contributed by atoms with Crippen molar-refractivity contribution in [3.8, 4) is 0 Å². The molecule has 3 heterocycles. The Morgan fingerprint density at radius 1 is 0.722 bits per heavy atom. The fraction of sp³-hybridized carbons (Fsp3) is 0.245. The van der Waals surface area contributed by atoms with Gasteiger partial charge in [-0.1, -0.05) is 23.2 Å². The maximum Gasteiger partial charge on any atom is 0.419 e. The number of imidazole rings is 1. The zero-order valence-corrected chi connectivity index (χ0v) is 42.2. The van der Waals surface area contributed by atoms with Gasteiger partial charge in [-0.15, -0.1) is 35.1 Å². The van der Waals surface area contributed by atoms with Gasteiger partial charge in [-0.2, -0.15) is 0 Å². The number of halogens is 7. The van der Waals surface area contributed by atoms with Crippen molar-refractivity contribution in [2.75, 3.05) is 23.8 Å². The van der Waals surface area contributed by atoms with Crippen LogP contribution in [-0.4, -0.2) is 56.7 Å². The maximum absolute atomic E-state index is 14.7. The van der Waals surface area contributed by atoms with E-state index in [9.17, 15) is 36.7 Å². The Bertz CT molecular complexity index is 3070. The first-order valence-electron chi connectivity index (χ1n) is 21.8. The highest BCUT2D eigenvalue weighted by atomic mass is 35.5. The molecule has 7 aromatic rings. The van der Waals surface area contributed by atoms with Crippen LogP contribution in [-0.2, 0) is 35.2 Å². The highest BCUT2D eigenvalue weighted by Crippen LogP contribution is 2.37. The van der Waals surface area contributed by atoms with Crippen LogP contribution < -0.4 is 21.7 Å². The first-order chi connectivity index (χ1) is 34.1. The van der Waals surface area contributed by atoms with Crippen LogP contribution in [0.1, 0.15) is 89.0 Å². The molecule has 2 aliphatic carbocycles. The van der Waals surface area contributed by atoms with E-state index in [0.29, 0.717) is 78.8 Å². The minimum atomic E-state index is -0.648. The topological polar surface area (TPSA) is 192 Å². The number of nitrogens with zero attached hydrogens (tertiary/aromatic N) is 4. The van der Waals surface area contributed by atoms with Crippen molar-refractivity contribution in [1.29, 1.82) is 0 Å². The van der Waals surface area contributed by atoms with Crippen molar-refractivity contribution in [3.63, 3.8) is 0 Å². The van der Waals surface area contributed by atoms with Crippen LogP contribution in [0.3, 0.4) is 0 Å². The number of hydrogen-bond acceptors (Lipinski definition) is 12. The summed E-state index contributed by atoms with van der Waals surface area (Å²) in [6.07, 6.45) is 6.72. The molecule has 3 amide bonds. The molecule has 0 aliphatic heterocycles. The molecule has 2 aliphatic rings. The first kappa shape index (κ1) is 54.9. The number of alkyl carbamates (subject to hydrolysis) is 1. The smallest absolute Gasteiger partial charge is 0.419 e. The molecule has 9 rings (SSSR count). The van der Waals surface area contributed by atoms with Crippen LogP contribution in [0.4, 0.5) is 38.5 Å². The van der Waals surface area contributed by atoms with Crippen LogP contribution >= 0.6 is 58.3 Å². The number of carbonyl (C=O) groups is 4. The van der Waals surface area contributed by atoms with Gasteiger partial charge in [0.2, 0.25) is 0 Å². The van der Waals surface area contributed by atoms with E-state index in [1.807, 2.05) is 13.8 Å². The summed E-state index contributed by atoms with van der Waals surface area (Å²) in [6, 6.07) is 12.0. The van der Waals surface area contributed by atoms with E-state index >= 15 is 0 Å². The van der Waals surface area contributed by atoms with Gasteiger partial charge in [0.15, 0.2) is 0 Å². The summed E-state index contributed by atoms with van der Waals surface area (Å²) in [4.78, 5) is 63.1. The molecule has 0 saturated heterocycles. The zero-order chi connectivity index (χ0) is 50.8. The molecule has 72 heavy (non-hydrogen) atoms. The summed E-state index contributed by atoms with van der Waals surface area (Å²) in [5, 5.41) is 7.78. The number of rotatable bonds is 11. The summed E-state index contributed by atoms with van der Waals surface area (Å²) in [6.45, 7) is 4.38. The molecule has 14 nitrogen and oxygen atoms in total. The fourth-order valence-electron chi connectivity index (χ4n) is 7.81. The van der Waals surface area contributed by atoms with Gasteiger partial charge in [0, 0.05) is 74.7 Å². The normalized spacial score (nSPS) is 14.0. The third-order valence-electron chi connectivity index (χ3n) is 11.4. The van der Waals surface area contributed by atoms with E-state index in [4.69, 9.17) is 38.4 Å². The van der Waals surface area contributed by atoms with Gasteiger partial charge in [0.05, 0.1) is 51.7 Å². The third kappa shape index (κ3) is 13.7. The van der Waals surface area contributed by atoms with Crippen molar-refractivity contribution < 1.29 is 46.2 Å². The average molecular weight is 1090 g/mol. The summed E-state index contributed by atoms with van der Waals surface area (Å²) in [5.41, 5.74) is 14.5. The van der Waals surface area contributed by atoms with Crippen molar-refractivity contribution in [3.05, 3.63) is 178 Å². The molecule has 23 heteroatoms. The van der Waals surface area contributed by atoms with Crippen molar-refractivity contribution in [2.24, 2.45) is 5.73 Å². The van der Waals surface area contributed by atoms with Crippen LogP contribution in [0.25, 0.3) is 0 Å². The molecule has 0 bridgehead atoms. The van der Waals surface area contributed by atoms with Crippen molar-refractivity contribution in [1.82, 2.24) is 24.8 Å². The second kappa shape index (κ2) is 25.3. The summed E-state index contributed by atoms with van der Waals surface area (Å²) in [5.74, 6) is -2.92. The average Bonchev–Trinajstić information content (AvgIpc) is 4.22. The van der Waals surface area contributed by atoms with E-state index in [0.717, 1.165) is 27.2 Å². The first-order valence-corrected chi connectivity index (χ1v) is 24.4. The number of fused-ring (bicyclic) bond motifs is 2. The number of aryl methyl sites for hydroxylation is 2.